The van der Waals surface area contributed by atoms with E-state index in [9.17, 15) is 13.2 Å². The standard InChI is InChI=1S/C13H12N2O3S2/c1-8-10-7-9(4-5-11(10)14-13(8)16)15-20(17,18)12-3-2-6-19-12/h2-8,15H,1H3,(H,14,16). The normalized spacial score (nSPS) is 17.6. The number of fused-ring (bicyclic) bond motifs is 1. The Morgan fingerprint density at radius 1 is 1.30 bits per heavy atom. The lowest BCUT2D eigenvalue weighted by Gasteiger charge is -2.08. The molecule has 3 rings (SSSR count). The zero-order valence-corrected chi connectivity index (χ0v) is 12.2. The third-order valence-corrected chi connectivity index (χ3v) is 5.96. The fraction of sp³-hybridized carbons (Fsp3) is 0.154. The maximum Gasteiger partial charge on any atom is 0.271 e. The molecule has 2 N–H and O–H groups in total. The van der Waals surface area contributed by atoms with E-state index in [1.165, 1.54) is 0 Å². The highest BCUT2D eigenvalue weighted by Crippen LogP contribution is 2.34. The van der Waals surface area contributed by atoms with Crippen molar-refractivity contribution >= 4 is 38.6 Å². The van der Waals surface area contributed by atoms with Crippen LogP contribution in [0.4, 0.5) is 11.4 Å². The smallest absolute Gasteiger partial charge is 0.271 e. The molecule has 5 nitrogen and oxygen atoms in total. The number of carbonyl (C=O) groups excluding carboxylic acids is 1. The molecule has 2 heterocycles. The third kappa shape index (κ3) is 2.19. The topological polar surface area (TPSA) is 75.3 Å². The average Bonchev–Trinajstić information content (AvgIpc) is 3.01. The molecule has 0 radical (unpaired) electrons. The molecule has 0 saturated carbocycles. The number of rotatable bonds is 3. The minimum absolute atomic E-state index is 0.0711. The van der Waals surface area contributed by atoms with E-state index >= 15 is 0 Å². The molecule has 1 aliphatic heterocycles. The first-order chi connectivity index (χ1) is 9.47. The Kier molecular flexibility index (Phi) is 3.02. The van der Waals surface area contributed by atoms with Gasteiger partial charge in [0.25, 0.3) is 10.0 Å². The highest BCUT2D eigenvalue weighted by molar-refractivity contribution is 7.94. The van der Waals surface area contributed by atoms with Crippen LogP contribution < -0.4 is 10.0 Å². The Bertz CT molecular complexity index is 767. The van der Waals surface area contributed by atoms with Gasteiger partial charge in [-0.25, -0.2) is 8.42 Å². The van der Waals surface area contributed by atoms with Crippen molar-refractivity contribution in [1.82, 2.24) is 0 Å². The fourth-order valence-electron chi connectivity index (χ4n) is 2.10. The Hall–Kier alpha value is -1.86. The highest BCUT2D eigenvalue weighted by Gasteiger charge is 2.27. The van der Waals surface area contributed by atoms with Gasteiger partial charge in [0.15, 0.2) is 0 Å². The summed E-state index contributed by atoms with van der Waals surface area (Å²) >= 11 is 1.16. The van der Waals surface area contributed by atoms with Gasteiger partial charge in [-0.1, -0.05) is 6.07 Å². The molecule has 2 aromatic rings. The molecule has 1 amide bonds. The summed E-state index contributed by atoms with van der Waals surface area (Å²) in [5.74, 6) is -0.338. The second-order valence-corrected chi connectivity index (χ2v) is 7.41. The van der Waals surface area contributed by atoms with E-state index in [2.05, 4.69) is 10.0 Å². The third-order valence-electron chi connectivity index (χ3n) is 3.18. The predicted octanol–water partition coefficient (Wildman–Crippen LogP) is 2.60. The van der Waals surface area contributed by atoms with Crippen molar-refractivity contribution in [3.8, 4) is 0 Å². The number of thiophene rings is 1. The van der Waals surface area contributed by atoms with Gasteiger partial charge in [-0.15, -0.1) is 11.3 Å². The number of nitrogens with one attached hydrogen (secondary N) is 2. The van der Waals surface area contributed by atoms with Crippen LogP contribution in [0.1, 0.15) is 18.4 Å². The fourth-order valence-corrected chi connectivity index (χ4v) is 4.14. The van der Waals surface area contributed by atoms with E-state index < -0.39 is 10.0 Å². The molecule has 0 spiro atoms. The van der Waals surface area contributed by atoms with Crippen LogP contribution in [0.5, 0.6) is 0 Å². The Labute approximate surface area is 120 Å². The molecule has 1 atom stereocenters. The van der Waals surface area contributed by atoms with E-state index in [0.29, 0.717) is 5.69 Å². The quantitative estimate of drug-likeness (QED) is 0.915. The zero-order chi connectivity index (χ0) is 14.3. The summed E-state index contributed by atoms with van der Waals surface area (Å²) in [7, 11) is -3.56. The molecule has 0 aliphatic carbocycles. The maximum atomic E-state index is 12.1. The molecule has 20 heavy (non-hydrogen) atoms. The summed E-state index contributed by atoms with van der Waals surface area (Å²) in [5, 5.41) is 4.46. The van der Waals surface area contributed by atoms with Crippen LogP contribution in [0.15, 0.2) is 39.9 Å². The van der Waals surface area contributed by atoms with E-state index in [1.807, 2.05) is 0 Å². The second-order valence-electron chi connectivity index (χ2n) is 4.55. The summed E-state index contributed by atoms with van der Waals surface area (Å²) in [6, 6.07) is 8.29. The summed E-state index contributed by atoms with van der Waals surface area (Å²) in [5.41, 5.74) is 2.00. The minimum Gasteiger partial charge on any atom is -0.325 e. The van der Waals surface area contributed by atoms with Gasteiger partial charge in [0.05, 0.1) is 5.92 Å². The number of anilines is 2. The van der Waals surface area contributed by atoms with Crippen molar-refractivity contribution in [3.63, 3.8) is 0 Å². The molecule has 104 valence electrons. The van der Waals surface area contributed by atoms with Crippen LogP contribution in [0.2, 0.25) is 0 Å². The van der Waals surface area contributed by atoms with E-state index in [4.69, 9.17) is 0 Å². The van der Waals surface area contributed by atoms with Crippen LogP contribution >= 0.6 is 11.3 Å². The number of hydrogen-bond donors (Lipinski definition) is 2. The lowest BCUT2D eigenvalue weighted by molar-refractivity contribution is -0.116. The van der Waals surface area contributed by atoms with Crippen molar-refractivity contribution in [2.75, 3.05) is 10.0 Å². The SMILES string of the molecule is CC1C(=O)Nc2ccc(NS(=O)(=O)c3cccs3)cc21. The van der Waals surface area contributed by atoms with Crippen LogP contribution in [0.25, 0.3) is 0 Å². The van der Waals surface area contributed by atoms with Gasteiger partial charge in [0.1, 0.15) is 4.21 Å². The van der Waals surface area contributed by atoms with E-state index in [0.717, 1.165) is 22.6 Å². The van der Waals surface area contributed by atoms with Gasteiger partial charge in [-0.3, -0.25) is 9.52 Å². The van der Waals surface area contributed by atoms with Crippen LogP contribution in [0, 0.1) is 0 Å². The first kappa shape index (κ1) is 13.1. The van der Waals surface area contributed by atoms with E-state index in [-0.39, 0.29) is 16.0 Å². The monoisotopic (exact) mass is 308 g/mol. The number of amides is 1. The largest absolute Gasteiger partial charge is 0.325 e. The molecular formula is C13H12N2O3S2. The maximum absolute atomic E-state index is 12.1. The first-order valence-corrected chi connectivity index (χ1v) is 8.35. The lowest BCUT2D eigenvalue weighted by Crippen LogP contribution is -2.11. The molecule has 1 unspecified atom stereocenters. The van der Waals surface area contributed by atoms with Gasteiger partial charge in [-0.2, -0.15) is 0 Å². The van der Waals surface area contributed by atoms with Gasteiger partial charge < -0.3 is 5.32 Å². The second kappa shape index (κ2) is 4.60. The Morgan fingerprint density at radius 3 is 2.80 bits per heavy atom. The molecule has 0 bridgehead atoms. The molecule has 0 fully saturated rings. The van der Waals surface area contributed by atoms with Gasteiger partial charge in [0.2, 0.25) is 5.91 Å². The lowest BCUT2D eigenvalue weighted by atomic mass is 10.0. The Balaban J connectivity index is 1.92. The van der Waals surface area contributed by atoms with Crippen molar-refractivity contribution in [3.05, 3.63) is 41.3 Å². The van der Waals surface area contributed by atoms with Gasteiger partial charge in [0, 0.05) is 11.4 Å². The van der Waals surface area contributed by atoms with Crippen LogP contribution in [-0.4, -0.2) is 14.3 Å². The minimum atomic E-state index is -3.56. The molecule has 1 aliphatic rings. The van der Waals surface area contributed by atoms with Crippen molar-refractivity contribution in [1.29, 1.82) is 0 Å². The molecule has 1 aromatic heterocycles. The highest BCUT2D eigenvalue weighted by atomic mass is 32.2. The zero-order valence-electron chi connectivity index (χ0n) is 10.6. The first-order valence-electron chi connectivity index (χ1n) is 5.98. The molecule has 0 saturated heterocycles. The van der Waals surface area contributed by atoms with Crippen molar-refractivity contribution < 1.29 is 13.2 Å². The van der Waals surface area contributed by atoms with Crippen LogP contribution in [-0.2, 0) is 14.8 Å². The van der Waals surface area contributed by atoms with Crippen molar-refractivity contribution in [2.24, 2.45) is 0 Å². The summed E-state index contributed by atoms with van der Waals surface area (Å²) in [4.78, 5) is 11.6. The summed E-state index contributed by atoms with van der Waals surface area (Å²) < 4.78 is 27.0. The molecule has 7 heteroatoms. The van der Waals surface area contributed by atoms with Gasteiger partial charge >= 0.3 is 0 Å². The summed E-state index contributed by atoms with van der Waals surface area (Å²) in [6.07, 6.45) is 0. The number of sulfonamides is 1. The van der Waals surface area contributed by atoms with E-state index in [1.54, 1.807) is 42.6 Å². The number of carbonyl (C=O) groups is 1. The van der Waals surface area contributed by atoms with Crippen LogP contribution in [0.3, 0.4) is 0 Å². The average molecular weight is 308 g/mol. The summed E-state index contributed by atoms with van der Waals surface area (Å²) in [6.45, 7) is 1.79. The Morgan fingerprint density at radius 2 is 2.10 bits per heavy atom. The van der Waals surface area contributed by atoms with Gasteiger partial charge in [-0.05, 0) is 42.1 Å². The van der Waals surface area contributed by atoms with Crippen molar-refractivity contribution in [2.45, 2.75) is 17.1 Å². The number of hydrogen-bond acceptors (Lipinski definition) is 4. The molecular weight excluding hydrogens is 296 g/mol. The molecule has 1 aromatic carbocycles. The predicted molar refractivity (Wildman–Crippen MR) is 78.6 cm³/mol. The number of benzene rings is 1.